The largest absolute Gasteiger partial charge is 0.355 e. The van der Waals surface area contributed by atoms with Gasteiger partial charge in [-0.3, -0.25) is 4.79 Å². The van der Waals surface area contributed by atoms with Gasteiger partial charge in [-0.25, -0.2) is 0 Å². The summed E-state index contributed by atoms with van der Waals surface area (Å²) in [5, 5.41) is 2.94. The number of carbonyl (C=O) groups excluding carboxylic acids is 1. The molecule has 0 aliphatic rings. The van der Waals surface area contributed by atoms with E-state index < -0.39 is 0 Å². The van der Waals surface area contributed by atoms with Crippen LogP contribution in [-0.2, 0) is 4.79 Å². The van der Waals surface area contributed by atoms with Crippen molar-refractivity contribution >= 4 is 17.7 Å². The molecule has 16 heavy (non-hydrogen) atoms. The second-order valence-electron chi connectivity index (χ2n) is 3.76. The lowest BCUT2D eigenvalue weighted by Gasteiger charge is -2.09. The van der Waals surface area contributed by atoms with Crippen LogP contribution in [0, 0.1) is 5.92 Å². The number of carbonyl (C=O) groups is 1. The lowest BCUT2D eigenvalue weighted by atomic mass is 10.1. The van der Waals surface area contributed by atoms with E-state index in [2.05, 4.69) is 17.4 Å². The number of hydrogen-bond donors (Lipinski definition) is 1. The zero-order valence-corrected chi connectivity index (χ0v) is 10.7. The first-order valence-electron chi connectivity index (χ1n) is 5.69. The van der Waals surface area contributed by atoms with Crippen molar-refractivity contribution in [2.45, 2.75) is 25.2 Å². The predicted molar refractivity (Wildman–Crippen MR) is 69.6 cm³/mol. The van der Waals surface area contributed by atoms with Gasteiger partial charge in [0.2, 0.25) is 5.91 Å². The molecule has 1 rings (SSSR count). The molecule has 1 amide bonds. The summed E-state index contributed by atoms with van der Waals surface area (Å²) in [4.78, 5) is 12.7. The van der Waals surface area contributed by atoms with E-state index in [0.29, 0.717) is 0 Å². The molecule has 0 aromatic heterocycles. The van der Waals surface area contributed by atoms with Crippen LogP contribution in [0.15, 0.2) is 35.2 Å². The molecule has 0 heterocycles. The van der Waals surface area contributed by atoms with Crippen molar-refractivity contribution < 1.29 is 4.79 Å². The summed E-state index contributed by atoms with van der Waals surface area (Å²) in [6.45, 7) is 4.73. The first-order chi connectivity index (χ1) is 7.74. The Bertz CT molecular complexity index is 313. The third-order valence-electron chi connectivity index (χ3n) is 2.47. The molecule has 1 atom stereocenters. The topological polar surface area (TPSA) is 29.1 Å². The summed E-state index contributed by atoms with van der Waals surface area (Å²) in [5.41, 5.74) is 0. The number of hydrogen-bond acceptors (Lipinski definition) is 2. The van der Waals surface area contributed by atoms with Gasteiger partial charge in [-0.2, -0.15) is 0 Å². The average Bonchev–Trinajstić information content (AvgIpc) is 2.34. The molecule has 2 nitrogen and oxygen atoms in total. The molecule has 3 heteroatoms. The molecule has 1 aromatic rings. The van der Waals surface area contributed by atoms with Crippen molar-refractivity contribution in [3.8, 4) is 0 Å². The van der Waals surface area contributed by atoms with Crippen LogP contribution in [-0.4, -0.2) is 18.2 Å². The summed E-state index contributed by atoms with van der Waals surface area (Å²) >= 11 is 1.77. The Hall–Kier alpha value is -0.960. The van der Waals surface area contributed by atoms with Gasteiger partial charge >= 0.3 is 0 Å². The summed E-state index contributed by atoms with van der Waals surface area (Å²) < 4.78 is 0. The van der Waals surface area contributed by atoms with E-state index in [1.807, 2.05) is 32.0 Å². The molecule has 88 valence electrons. The van der Waals surface area contributed by atoms with E-state index in [1.165, 1.54) is 4.90 Å². The van der Waals surface area contributed by atoms with Gasteiger partial charge in [-0.15, -0.1) is 11.8 Å². The van der Waals surface area contributed by atoms with Gasteiger partial charge in [0.25, 0.3) is 0 Å². The van der Waals surface area contributed by atoms with Crippen LogP contribution in [0.4, 0.5) is 0 Å². The van der Waals surface area contributed by atoms with E-state index >= 15 is 0 Å². The van der Waals surface area contributed by atoms with E-state index in [0.717, 1.165) is 18.7 Å². The molecule has 0 aliphatic heterocycles. The second kappa shape index (κ2) is 7.34. The molecular formula is C13H19NOS. The second-order valence-corrected chi connectivity index (χ2v) is 4.93. The summed E-state index contributed by atoms with van der Waals surface area (Å²) in [6, 6.07) is 10.2. The van der Waals surface area contributed by atoms with E-state index in [1.54, 1.807) is 11.8 Å². The van der Waals surface area contributed by atoms with Gasteiger partial charge in [0.05, 0.1) is 0 Å². The molecule has 0 aliphatic carbocycles. The molecular weight excluding hydrogens is 218 g/mol. The Balaban J connectivity index is 2.15. The van der Waals surface area contributed by atoms with Crippen molar-refractivity contribution in [3.63, 3.8) is 0 Å². The fourth-order valence-corrected chi connectivity index (χ4v) is 2.01. The van der Waals surface area contributed by atoms with Gasteiger partial charge in [0.15, 0.2) is 0 Å². The Morgan fingerprint density at radius 3 is 2.69 bits per heavy atom. The first kappa shape index (κ1) is 13.1. The van der Waals surface area contributed by atoms with Crippen LogP contribution >= 0.6 is 11.8 Å². The van der Waals surface area contributed by atoms with Crippen LogP contribution in [0.1, 0.15) is 20.3 Å². The van der Waals surface area contributed by atoms with Gasteiger partial charge in [-0.05, 0) is 18.6 Å². The van der Waals surface area contributed by atoms with Crippen LogP contribution in [0.25, 0.3) is 0 Å². The summed E-state index contributed by atoms with van der Waals surface area (Å²) in [7, 11) is 0. The Kier molecular flexibility index (Phi) is 6.01. The zero-order chi connectivity index (χ0) is 11.8. The van der Waals surface area contributed by atoms with Crippen molar-refractivity contribution in [1.82, 2.24) is 5.32 Å². The van der Waals surface area contributed by atoms with Gasteiger partial charge in [0.1, 0.15) is 0 Å². The first-order valence-corrected chi connectivity index (χ1v) is 6.68. The van der Waals surface area contributed by atoms with Gasteiger partial charge in [0, 0.05) is 23.1 Å². The maximum Gasteiger partial charge on any atom is 0.222 e. The third kappa shape index (κ3) is 4.71. The molecule has 0 saturated heterocycles. The van der Waals surface area contributed by atoms with Crippen molar-refractivity contribution in [3.05, 3.63) is 30.3 Å². The minimum atomic E-state index is 0.127. The zero-order valence-electron chi connectivity index (χ0n) is 9.90. The molecule has 0 fully saturated rings. The minimum absolute atomic E-state index is 0.127. The maximum atomic E-state index is 11.5. The molecule has 0 spiro atoms. The SMILES string of the molecule is CCC(C)C(=O)NCCSc1ccccc1. The van der Waals surface area contributed by atoms with Gasteiger partial charge < -0.3 is 5.32 Å². The summed E-state index contributed by atoms with van der Waals surface area (Å²) in [5.74, 6) is 1.21. The highest BCUT2D eigenvalue weighted by Gasteiger charge is 2.08. The fraction of sp³-hybridized carbons (Fsp3) is 0.462. The Morgan fingerprint density at radius 1 is 1.38 bits per heavy atom. The number of thioether (sulfide) groups is 1. The Labute approximate surface area is 102 Å². The van der Waals surface area contributed by atoms with Crippen LogP contribution in [0.5, 0.6) is 0 Å². The van der Waals surface area contributed by atoms with Gasteiger partial charge in [-0.1, -0.05) is 32.0 Å². The lowest BCUT2D eigenvalue weighted by Crippen LogP contribution is -2.30. The lowest BCUT2D eigenvalue weighted by molar-refractivity contribution is -0.124. The van der Waals surface area contributed by atoms with E-state index in [4.69, 9.17) is 0 Å². The van der Waals surface area contributed by atoms with Crippen molar-refractivity contribution in [2.24, 2.45) is 5.92 Å². The number of nitrogens with one attached hydrogen (secondary N) is 1. The molecule has 0 bridgehead atoms. The maximum absolute atomic E-state index is 11.5. The molecule has 0 saturated carbocycles. The predicted octanol–water partition coefficient (Wildman–Crippen LogP) is 2.94. The van der Waals surface area contributed by atoms with Crippen molar-refractivity contribution in [1.29, 1.82) is 0 Å². The standard InChI is InChI=1S/C13H19NOS/c1-3-11(2)13(15)14-9-10-16-12-7-5-4-6-8-12/h4-8,11H,3,9-10H2,1-2H3,(H,14,15). The number of rotatable bonds is 6. The highest BCUT2D eigenvalue weighted by molar-refractivity contribution is 7.99. The smallest absolute Gasteiger partial charge is 0.222 e. The molecule has 1 N–H and O–H groups in total. The number of benzene rings is 1. The highest BCUT2D eigenvalue weighted by Crippen LogP contribution is 2.15. The highest BCUT2D eigenvalue weighted by atomic mass is 32.2. The van der Waals surface area contributed by atoms with Crippen LogP contribution in [0.3, 0.4) is 0 Å². The number of amides is 1. The van der Waals surface area contributed by atoms with E-state index in [9.17, 15) is 4.79 Å². The normalized spacial score (nSPS) is 12.1. The van der Waals surface area contributed by atoms with Crippen LogP contribution in [0.2, 0.25) is 0 Å². The van der Waals surface area contributed by atoms with Crippen molar-refractivity contribution in [2.75, 3.05) is 12.3 Å². The monoisotopic (exact) mass is 237 g/mol. The molecule has 1 aromatic carbocycles. The summed E-state index contributed by atoms with van der Waals surface area (Å²) in [6.07, 6.45) is 0.900. The molecule has 0 radical (unpaired) electrons. The minimum Gasteiger partial charge on any atom is -0.355 e. The average molecular weight is 237 g/mol. The fourth-order valence-electron chi connectivity index (χ4n) is 1.22. The Morgan fingerprint density at radius 2 is 2.06 bits per heavy atom. The quantitative estimate of drug-likeness (QED) is 0.609. The molecule has 1 unspecified atom stereocenters. The third-order valence-corrected chi connectivity index (χ3v) is 3.49. The van der Waals surface area contributed by atoms with E-state index in [-0.39, 0.29) is 11.8 Å². The van der Waals surface area contributed by atoms with Crippen LogP contribution < -0.4 is 5.32 Å².